The van der Waals surface area contributed by atoms with E-state index >= 15 is 0 Å². The smallest absolute Gasteiger partial charge is 0.228 e. The molecule has 33 heavy (non-hydrogen) atoms. The molecule has 1 amide bonds. The molecule has 6 nitrogen and oxygen atoms in total. The SMILES string of the molecule is CN(CCCCCc1cc(-c2cccc(F)c2)n[nH]1)C(=O)Cc1csc(-c2cccnc2)n1. The molecule has 0 spiro atoms. The third-order valence-corrected chi connectivity index (χ3v) is 6.35. The van der Waals surface area contributed by atoms with Gasteiger partial charge in [-0.15, -0.1) is 11.3 Å². The summed E-state index contributed by atoms with van der Waals surface area (Å²) in [7, 11) is 1.84. The first-order valence-electron chi connectivity index (χ1n) is 11.0. The zero-order chi connectivity index (χ0) is 23.0. The highest BCUT2D eigenvalue weighted by atomic mass is 32.1. The van der Waals surface area contributed by atoms with E-state index in [4.69, 9.17) is 0 Å². The molecule has 0 unspecified atom stereocenters. The van der Waals surface area contributed by atoms with Crippen LogP contribution < -0.4 is 0 Å². The van der Waals surface area contributed by atoms with Crippen LogP contribution in [0.15, 0.2) is 60.2 Å². The predicted molar refractivity (Wildman–Crippen MR) is 128 cm³/mol. The zero-order valence-electron chi connectivity index (χ0n) is 18.5. The lowest BCUT2D eigenvalue weighted by Crippen LogP contribution is -2.29. The van der Waals surface area contributed by atoms with Crippen molar-refractivity contribution in [1.29, 1.82) is 0 Å². The van der Waals surface area contributed by atoms with Crippen LogP contribution in [0.2, 0.25) is 0 Å². The van der Waals surface area contributed by atoms with E-state index in [0.29, 0.717) is 6.42 Å². The van der Waals surface area contributed by atoms with Gasteiger partial charge in [-0.05, 0) is 49.6 Å². The van der Waals surface area contributed by atoms with Gasteiger partial charge >= 0.3 is 0 Å². The Balaban J connectivity index is 1.17. The van der Waals surface area contributed by atoms with Gasteiger partial charge in [0, 0.05) is 48.2 Å². The van der Waals surface area contributed by atoms with Crippen molar-refractivity contribution in [2.75, 3.05) is 13.6 Å². The maximum Gasteiger partial charge on any atom is 0.228 e. The van der Waals surface area contributed by atoms with Gasteiger partial charge < -0.3 is 4.90 Å². The van der Waals surface area contributed by atoms with Crippen molar-refractivity contribution < 1.29 is 9.18 Å². The summed E-state index contributed by atoms with van der Waals surface area (Å²) in [5.41, 5.74) is 4.32. The van der Waals surface area contributed by atoms with E-state index in [-0.39, 0.29) is 11.7 Å². The van der Waals surface area contributed by atoms with Crippen molar-refractivity contribution in [1.82, 2.24) is 25.1 Å². The van der Waals surface area contributed by atoms with Crippen LogP contribution in [-0.2, 0) is 17.6 Å². The predicted octanol–water partition coefficient (Wildman–Crippen LogP) is 5.15. The second-order valence-corrected chi connectivity index (χ2v) is 8.84. The standard InChI is InChI=1S/C25H26FN5OS/c1-31(24(32)15-22-17-33-25(28-22)19-8-6-11-27-16-19)12-4-2-3-10-21-14-23(30-29-21)18-7-5-9-20(26)13-18/h5-9,11,13-14,16-17H,2-4,10,12,15H2,1H3,(H,29,30). The Kier molecular flexibility index (Phi) is 7.57. The van der Waals surface area contributed by atoms with Crippen molar-refractivity contribution in [2.45, 2.75) is 32.1 Å². The van der Waals surface area contributed by atoms with E-state index in [9.17, 15) is 9.18 Å². The molecule has 3 heterocycles. The number of likely N-dealkylation sites (N-methyl/N-ethyl adjacent to an activating group) is 1. The summed E-state index contributed by atoms with van der Waals surface area (Å²) in [5.74, 6) is -0.189. The topological polar surface area (TPSA) is 74.8 Å². The molecule has 0 aliphatic heterocycles. The van der Waals surface area contributed by atoms with E-state index in [1.807, 2.05) is 36.7 Å². The van der Waals surface area contributed by atoms with Gasteiger partial charge in [0.1, 0.15) is 10.8 Å². The molecule has 0 saturated heterocycles. The van der Waals surface area contributed by atoms with Crippen LogP contribution in [0.1, 0.15) is 30.7 Å². The molecule has 0 saturated carbocycles. The number of nitrogens with one attached hydrogen (secondary N) is 1. The monoisotopic (exact) mass is 463 g/mol. The van der Waals surface area contributed by atoms with Crippen molar-refractivity contribution >= 4 is 17.2 Å². The number of aryl methyl sites for hydroxylation is 1. The second-order valence-electron chi connectivity index (χ2n) is 7.98. The minimum absolute atomic E-state index is 0.0753. The Morgan fingerprint density at radius 3 is 2.82 bits per heavy atom. The van der Waals surface area contributed by atoms with E-state index in [0.717, 1.165) is 65.4 Å². The van der Waals surface area contributed by atoms with E-state index in [1.54, 1.807) is 23.4 Å². The fraction of sp³-hybridized carbons (Fsp3) is 0.280. The minimum Gasteiger partial charge on any atom is -0.345 e. The average Bonchev–Trinajstić information content (AvgIpc) is 3.49. The number of pyridine rings is 1. The molecular weight excluding hydrogens is 437 g/mol. The van der Waals surface area contributed by atoms with Crippen LogP contribution in [0.3, 0.4) is 0 Å². The van der Waals surface area contributed by atoms with Crippen LogP contribution in [-0.4, -0.2) is 44.6 Å². The van der Waals surface area contributed by atoms with Crippen LogP contribution in [0.5, 0.6) is 0 Å². The van der Waals surface area contributed by atoms with Gasteiger partial charge in [-0.1, -0.05) is 18.6 Å². The minimum atomic E-state index is -0.264. The number of nitrogens with zero attached hydrogens (tertiary/aromatic N) is 4. The first-order chi connectivity index (χ1) is 16.1. The second kappa shape index (κ2) is 11.0. The number of aromatic nitrogens is 4. The van der Waals surface area contributed by atoms with Gasteiger partial charge in [0.05, 0.1) is 17.8 Å². The van der Waals surface area contributed by atoms with Crippen molar-refractivity contribution in [2.24, 2.45) is 0 Å². The summed E-state index contributed by atoms with van der Waals surface area (Å²) in [6.07, 6.45) is 7.63. The summed E-state index contributed by atoms with van der Waals surface area (Å²) >= 11 is 1.53. The Hall–Kier alpha value is -3.39. The lowest BCUT2D eigenvalue weighted by molar-refractivity contribution is -0.129. The number of H-pyrrole nitrogens is 1. The van der Waals surface area contributed by atoms with E-state index in [2.05, 4.69) is 20.2 Å². The van der Waals surface area contributed by atoms with Crippen LogP contribution in [0.4, 0.5) is 4.39 Å². The zero-order valence-corrected chi connectivity index (χ0v) is 19.3. The Labute approximate surface area is 196 Å². The van der Waals surface area contributed by atoms with Gasteiger partial charge in [-0.3, -0.25) is 14.9 Å². The summed E-state index contributed by atoms with van der Waals surface area (Å²) in [4.78, 5) is 23.0. The number of amides is 1. The molecule has 0 aliphatic carbocycles. The van der Waals surface area contributed by atoms with Gasteiger partial charge in [-0.2, -0.15) is 5.10 Å². The number of unbranched alkanes of at least 4 members (excludes halogenated alkanes) is 2. The van der Waals surface area contributed by atoms with Gasteiger partial charge in [0.15, 0.2) is 0 Å². The Morgan fingerprint density at radius 1 is 1.12 bits per heavy atom. The van der Waals surface area contributed by atoms with Gasteiger partial charge in [-0.25, -0.2) is 9.37 Å². The highest BCUT2D eigenvalue weighted by molar-refractivity contribution is 7.13. The number of halogens is 1. The maximum atomic E-state index is 13.4. The molecule has 0 fully saturated rings. The van der Waals surface area contributed by atoms with Crippen LogP contribution >= 0.6 is 11.3 Å². The highest BCUT2D eigenvalue weighted by Crippen LogP contribution is 2.23. The number of rotatable bonds is 10. The van der Waals surface area contributed by atoms with Crippen LogP contribution in [0, 0.1) is 5.82 Å². The fourth-order valence-electron chi connectivity index (χ4n) is 3.55. The highest BCUT2D eigenvalue weighted by Gasteiger charge is 2.13. The number of carbonyl (C=O) groups is 1. The number of hydrogen-bond acceptors (Lipinski definition) is 5. The van der Waals surface area contributed by atoms with E-state index < -0.39 is 0 Å². The first kappa shape index (κ1) is 22.8. The lowest BCUT2D eigenvalue weighted by Gasteiger charge is -2.16. The molecule has 0 atom stereocenters. The normalized spacial score (nSPS) is 11.0. The average molecular weight is 464 g/mol. The summed E-state index contributed by atoms with van der Waals surface area (Å²) < 4.78 is 13.4. The number of thiazole rings is 1. The summed E-state index contributed by atoms with van der Waals surface area (Å²) in [6.45, 7) is 0.718. The Morgan fingerprint density at radius 2 is 2.00 bits per heavy atom. The molecule has 1 N–H and O–H groups in total. The maximum absolute atomic E-state index is 13.4. The number of aromatic amines is 1. The van der Waals surface area contributed by atoms with E-state index in [1.165, 1.54) is 23.5 Å². The molecule has 3 aromatic heterocycles. The fourth-order valence-corrected chi connectivity index (χ4v) is 4.36. The lowest BCUT2D eigenvalue weighted by atomic mass is 10.1. The third-order valence-electron chi connectivity index (χ3n) is 5.41. The van der Waals surface area contributed by atoms with Crippen molar-refractivity contribution in [3.05, 3.63) is 77.4 Å². The first-order valence-corrected chi connectivity index (χ1v) is 11.9. The molecule has 170 valence electrons. The summed E-state index contributed by atoms with van der Waals surface area (Å²) in [6, 6.07) is 12.3. The quantitative estimate of drug-likeness (QED) is 0.330. The van der Waals surface area contributed by atoms with Crippen LogP contribution in [0.25, 0.3) is 21.8 Å². The van der Waals surface area contributed by atoms with Crippen molar-refractivity contribution in [3.8, 4) is 21.8 Å². The third kappa shape index (κ3) is 6.32. The molecule has 4 rings (SSSR count). The summed E-state index contributed by atoms with van der Waals surface area (Å²) in [5, 5.41) is 10.1. The van der Waals surface area contributed by atoms with Gasteiger partial charge in [0.2, 0.25) is 5.91 Å². The Bertz CT molecular complexity index is 1190. The number of benzene rings is 1. The molecule has 0 radical (unpaired) electrons. The molecule has 0 aliphatic rings. The molecule has 0 bridgehead atoms. The molecule has 1 aromatic carbocycles. The van der Waals surface area contributed by atoms with Crippen molar-refractivity contribution in [3.63, 3.8) is 0 Å². The largest absolute Gasteiger partial charge is 0.345 e. The van der Waals surface area contributed by atoms with Gasteiger partial charge in [0.25, 0.3) is 0 Å². The molecule has 4 aromatic rings. The number of carbonyl (C=O) groups excluding carboxylic acids is 1. The number of hydrogen-bond donors (Lipinski definition) is 1. The molecule has 8 heteroatoms. The molecular formula is C25H26FN5OS.